The molecular weight excluding hydrogens is 458 g/mol. The minimum atomic E-state index is -0.187. The first-order chi connectivity index (χ1) is 15.0. The number of fused-ring (bicyclic) bond motifs is 4. The molecule has 6 nitrogen and oxygen atoms in total. The van der Waals surface area contributed by atoms with Crippen molar-refractivity contribution in [1.29, 1.82) is 0 Å². The van der Waals surface area contributed by atoms with Gasteiger partial charge in [0.05, 0.1) is 31.1 Å². The fraction of sp³-hybridized carbons (Fsp3) is 0.292. The molecule has 5 rings (SSSR count). The number of likely N-dealkylation sites (tertiary alicyclic amines) is 1. The van der Waals surface area contributed by atoms with Crippen LogP contribution in [0.1, 0.15) is 28.9 Å². The standard InChI is InChI=1S/C24H24BrN3O3/c1-30-18-12-16(13-19(15-18)31-2)23(29)27-10-7-24(8-11-27)22-4-3-9-28(22)21-14-17(25)5-6-20(21)26-24/h3-6,9,12-15,26H,7-8,10-11H2,1-2H3. The Bertz CT molecular complexity index is 1130. The van der Waals surface area contributed by atoms with Crippen LogP contribution in [0.15, 0.2) is 59.2 Å². The molecule has 1 amide bonds. The van der Waals surface area contributed by atoms with Gasteiger partial charge in [0, 0.05) is 41.1 Å². The molecule has 3 aromatic rings. The Kier molecular flexibility index (Phi) is 4.93. The van der Waals surface area contributed by atoms with Gasteiger partial charge in [0.2, 0.25) is 0 Å². The van der Waals surface area contributed by atoms with Crippen LogP contribution in [0.4, 0.5) is 5.69 Å². The molecule has 0 bridgehead atoms. The number of nitrogens with one attached hydrogen (secondary N) is 1. The summed E-state index contributed by atoms with van der Waals surface area (Å²) in [5.41, 5.74) is 3.90. The van der Waals surface area contributed by atoms with Crippen LogP contribution < -0.4 is 14.8 Å². The van der Waals surface area contributed by atoms with E-state index in [4.69, 9.17) is 9.47 Å². The molecule has 1 fully saturated rings. The lowest BCUT2D eigenvalue weighted by molar-refractivity contribution is 0.0675. The zero-order valence-electron chi connectivity index (χ0n) is 17.5. The number of carbonyl (C=O) groups excluding carboxylic acids is 1. The van der Waals surface area contributed by atoms with Crippen LogP contribution in [0.2, 0.25) is 0 Å². The van der Waals surface area contributed by atoms with E-state index in [1.165, 1.54) is 5.69 Å². The summed E-state index contributed by atoms with van der Waals surface area (Å²) in [5.74, 6) is 1.24. The van der Waals surface area contributed by atoms with E-state index in [2.05, 4.69) is 62.3 Å². The van der Waals surface area contributed by atoms with Crippen molar-refractivity contribution in [3.63, 3.8) is 0 Å². The molecule has 1 N–H and O–H groups in total. The van der Waals surface area contributed by atoms with E-state index < -0.39 is 0 Å². The van der Waals surface area contributed by atoms with Crippen molar-refractivity contribution in [3.8, 4) is 17.2 Å². The zero-order valence-corrected chi connectivity index (χ0v) is 19.1. The Balaban J connectivity index is 1.40. The summed E-state index contributed by atoms with van der Waals surface area (Å²) in [6, 6.07) is 15.9. The average molecular weight is 482 g/mol. The van der Waals surface area contributed by atoms with Gasteiger partial charge in [-0.15, -0.1) is 0 Å². The van der Waals surface area contributed by atoms with Crippen molar-refractivity contribution in [2.24, 2.45) is 0 Å². The third-order valence-corrected chi connectivity index (χ3v) is 6.83. The van der Waals surface area contributed by atoms with Gasteiger partial charge in [-0.1, -0.05) is 15.9 Å². The van der Waals surface area contributed by atoms with Gasteiger partial charge in [0.25, 0.3) is 5.91 Å². The van der Waals surface area contributed by atoms with Crippen molar-refractivity contribution in [2.75, 3.05) is 32.6 Å². The smallest absolute Gasteiger partial charge is 0.254 e. The van der Waals surface area contributed by atoms with E-state index in [1.54, 1.807) is 32.4 Å². The molecule has 0 saturated carbocycles. The molecule has 2 aliphatic rings. The molecule has 0 unspecified atom stereocenters. The fourth-order valence-corrected chi connectivity index (χ4v) is 5.05. The number of methoxy groups -OCH3 is 2. The lowest BCUT2D eigenvalue weighted by atomic mass is 9.82. The Labute approximate surface area is 189 Å². The fourth-order valence-electron chi connectivity index (χ4n) is 4.70. The maximum absolute atomic E-state index is 13.2. The first-order valence-electron chi connectivity index (χ1n) is 10.3. The molecule has 0 radical (unpaired) electrons. The Hall–Kier alpha value is -2.93. The number of hydrogen-bond acceptors (Lipinski definition) is 4. The topological polar surface area (TPSA) is 55.7 Å². The number of benzene rings is 2. The zero-order chi connectivity index (χ0) is 21.6. The summed E-state index contributed by atoms with van der Waals surface area (Å²) in [4.78, 5) is 15.1. The highest BCUT2D eigenvalue weighted by molar-refractivity contribution is 9.10. The predicted molar refractivity (Wildman–Crippen MR) is 123 cm³/mol. The number of aromatic nitrogens is 1. The number of anilines is 1. The summed E-state index contributed by atoms with van der Waals surface area (Å²) in [5, 5.41) is 3.80. The van der Waals surface area contributed by atoms with Gasteiger partial charge in [-0.3, -0.25) is 4.79 Å². The summed E-state index contributed by atoms with van der Waals surface area (Å²) >= 11 is 3.58. The van der Waals surface area contributed by atoms with Gasteiger partial charge >= 0.3 is 0 Å². The summed E-state index contributed by atoms with van der Waals surface area (Å²) in [6.45, 7) is 1.34. The monoisotopic (exact) mass is 481 g/mol. The van der Waals surface area contributed by atoms with Crippen LogP contribution in [0.3, 0.4) is 0 Å². The number of nitrogens with zero attached hydrogens (tertiary/aromatic N) is 2. The quantitative estimate of drug-likeness (QED) is 0.582. The largest absolute Gasteiger partial charge is 0.497 e. The van der Waals surface area contributed by atoms with Gasteiger partial charge < -0.3 is 24.3 Å². The van der Waals surface area contributed by atoms with Crippen LogP contribution in [-0.4, -0.2) is 42.7 Å². The van der Waals surface area contributed by atoms with Crippen molar-refractivity contribution >= 4 is 27.5 Å². The van der Waals surface area contributed by atoms with Crippen molar-refractivity contribution < 1.29 is 14.3 Å². The lowest BCUT2D eigenvalue weighted by Gasteiger charge is -2.46. The minimum absolute atomic E-state index is 0.00238. The predicted octanol–water partition coefficient (Wildman–Crippen LogP) is 4.81. The number of ether oxygens (including phenoxy) is 2. The molecule has 0 atom stereocenters. The van der Waals surface area contributed by atoms with Gasteiger partial charge in [-0.05, 0) is 55.3 Å². The Morgan fingerprint density at radius 3 is 2.42 bits per heavy atom. The van der Waals surface area contributed by atoms with Crippen LogP contribution in [0.5, 0.6) is 11.5 Å². The Morgan fingerprint density at radius 2 is 1.74 bits per heavy atom. The number of piperidine rings is 1. The third-order valence-electron chi connectivity index (χ3n) is 6.33. The third kappa shape index (κ3) is 3.37. The van der Waals surface area contributed by atoms with Crippen LogP contribution in [0, 0.1) is 0 Å². The van der Waals surface area contributed by atoms with E-state index in [0.29, 0.717) is 30.2 Å². The second kappa shape index (κ2) is 7.64. The molecule has 2 aliphatic heterocycles. The molecule has 3 heterocycles. The summed E-state index contributed by atoms with van der Waals surface area (Å²) in [6.07, 6.45) is 3.78. The maximum Gasteiger partial charge on any atom is 0.254 e. The first kappa shape index (κ1) is 20.0. The maximum atomic E-state index is 13.2. The SMILES string of the molecule is COc1cc(OC)cc(C(=O)N2CCC3(CC2)Nc2ccc(Br)cc2-n2cccc23)c1. The normalized spacial score (nSPS) is 16.3. The van der Waals surface area contributed by atoms with Crippen LogP contribution in [0.25, 0.3) is 5.69 Å². The lowest BCUT2D eigenvalue weighted by Crippen LogP contribution is -2.51. The van der Waals surface area contributed by atoms with E-state index in [9.17, 15) is 4.79 Å². The summed E-state index contributed by atoms with van der Waals surface area (Å²) in [7, 11) is 3.18. The van der Waals surface area contributed by atoms with Gasteiger partial charge in [-0.25, -0.2) is 0 Å². The van der Waals surface area contributed by atoms with E-state index >= 15 is 0 Å². The van der Waals surface area contributed by atoms with Crippen molar-refractivity contribution in [2.45, 2.75) is 18.4 Å². The van der Waals surface area contributed by atoms with E-state index in [1.807, 2.05) is 4.90 Å². The van der Waals surface area contributed by atoms with Gasteiger partial charge in [-0.2, -0.15) is 0 Å². The van der Waals surface area contributed by atoms with Crippen molar-refractivity contribution in [3.05, 3.63) is 70.5 Å². The molecule has 2 aromatic carbocycles. The molecule has 7 heteroatoms. The minimum Gasteiger partial charge on any atom is -0.497 e. The highest BCUT2D eigenvalue weighted by atomic mass is 79.9. The molecule has 1 saturated heterocycles. The average Bonchev–Trinajstić information content (AvgIpc) is 3.31. The van der Waals surface area contributed by atoms with E-state index in [-0.39, 0.29) is 11.4 Å². The number of rotatable bonds is 3. The summed E-state index contributed by atoms with van der Waals surface area (Å²) < 4.78 is 14.0. The van der Waals surface area contributed by atoms with Crippen molar-refractivity contribution in [1.82, 2.24) is 9.47 Å². The highest BCUT2D eigenvalue weighted by Crippen LogP contribution is 2.44. The molecule has 1 aromatic heterocycles. The molecule has 160 valence electrons. The number of halogens is 1. The number of carbonyl (C=O) groups is 1. The number of amides is 1. The van der Waals surface area contributed by atoms with Crippen LogP contribution in [-0.2, 0) is 5.54 Å². The number of hydrogen-bond donors (Lipinski definition) is 1. The molecule has 1 spiro atoms. The molecule has 31 heavy (non-hydrogen) atoms. The van der Waals surface area contributed by atoms with Crippen LogP contribution >= 0.6 is 15.9 Å². The molecular formula is C24H24BrN3O3. The van der Waals surface area contributed by atoms with Gasteiger partial charge in [0.15, 0.2) is 0 Å². The second-order valence-corrected chi connectivity index (χ2v) is 8.94. The van der Waals surface area contributed by atoms with Gasteiger partial charge in [0.1, 0.15) is 11.5 Å². The highest BCUT2D eigenvalue weighted by Gasteiger charge is 2.42. The second-order valence-electron chi connectivity index (χ2n) is 8.03. The Morgan fingerprint density at radius 1 is 1.03 bits per heavy atom. The molecule has 0 aliphatic carbocycles. The first-order valence-corrected chi connectivity index (χ1v) is 11.1. The van der Waals surface area contributed by atoms with E-state index in [0.717, 1.165) is 28.7 Å².